The van der Waals surface area contributed by atoms with Crippen LogP contribution >= 0.6 is 11.8 Å². The number of benzene rings is 1. The van der Waals surface area contributed by atoms with E-state index in [1.54, 1.807) is 12.3 Å². The predicted molar refractivity (Wildman–Crippen MR) is 80.0 cm³/mol. The van der Waals surface area contributed by atoms with Crippen molar-refractivity contribution in [1.29, 1.82) is 0 Å². The average Bonchev–Trinajstić information content (AvgIpc) is 2.50. The van der Waals surface area contributed by atoms with E-state index in [0.29, 0.717) is 16.2 Å². The van der Waals surface area contributed by atoms with Gasteiger partial charge in [-0.1, -0.05) is 11.8 Å². The summed E-state index contributed by atoms with van der Waals surface area (Å²) in [5.74, 6) is -1.45. The third-order valence-corrected chi connectivity index (χ3v) is 3.40. The second-order valence-corrected chi connectivity index (χ2v) is 5.09. The van der Waals surface area contributed by atoms with Crippen molar-refractivity contribution >= 4 is 28.6 Å². The summed E-state index contributed by atoms with van der Waals surface area (Å²) in [6.45, 7) is 0. The van der Waals surface area contributed by atoms with E-state index in [-0.39, 0.29) is 17.3 Å². The van der Waals surface area contributed by atoms with E-state index in [1.165, 1.54) is 17.8 Å². The zero-order valence-corrected chi connectivity index (χ0v) is 12.2. The minimum atomic E-state index is -0.825. The first-order valence-corrected chi connectivity index (χ1v) is 7.39. The number of rotatable bonds is 3. The van der Waals surface area contributed by atoms with E-state index in [0.717, 1.165) is 12.1 Å². The van der Waals surface area contributed by atoms with E-state index in [1.807, 2.05) is 6.26 Å². The highest BCUT2D eigenvalue weighted by Crippen LogP contribution is 2.30. The molecule has 0 radical (unpaired) electrons. The molecule has 0 aliphatic carbocycles. The van der Waals surface area contributed by atoms with Crippen LogP contribution in [0.5, 0.6) is 11.5 Å². The van der Waals surface area contributed by atoms with Gasteiger partial charge >= 0.3 is 0 Å². The molecule has 0 aliphatic heterocycles. The Morgan fingerprint density at radius 1 is 1.14 bits per heavy atom. The molecule has 0 aliphatic rings. The van der Waals surface area contributed by atoms with E-state index < -0.39 is 11.6 Å². The van der Waals surface area contributed by atoms with E-state index in [9.17, 15) is 8.78 Å². The zero-order valence-electron chi connectivity index (χ0n) is 11.4. The smallest absolute Gasteiger partial charge is 0.189 e. The first-order chi connectivity index (χ1) is 10.6. The third-order valence-electron chi connectivity index (χ3n) is 2.84. The molecule has 112 valence electrons. The summed E-state index contributed by atoms with van der Waals surface area (Å²) in [6, 6.07) is 4.57. The van der Waals surface area contributed by atoms with Crippen LogP contribution in [0.4, 0.5) is 14.6 Å². The summed E-state index contributed by atoms with van der Waals surface area (Å²) < 4.78 is 31.9. The monoisotopic (exact) mass is 320 g/mol. The molecule has 0 fully saturated rings. The van der Waals surface area contributed by atoms with Crippen LogP contribution in [0, 0.1) is 11.6 Å². The van der Waals surface area contributed by atoms with Crippen molar-refractivity contribution < 1.29 is 13.5 Å². The van der Waals surface area contributed by atoms with Gasteiger partial charge in [-0.05, 0) is 24.5 Å². The lowest BCUT2D eigenvalue weighted by atomic mass is 10.3. The molecule has 2 aromatic heterocycles. The Morgan fingerprint density at radius 2 is 1.95 bits per heavy atom. The highest BCUT2D eigenvalue weighted by molar-refractivity contribution is 7.98. The molecule has 0 amide bonds. The average molecular weight is 320 g/mol. The molecule has 8 heteroatoms. The molecule has 3 aromatic rings. The maximum Gasteiger partial charge on any atom is 0.189 e. The van der Waals surface area contributed by atoms with Crippen molar-refractivity contribution in [3.8, 4) is 11.5 Å². The largest absolute Gasteiger partial charge is 0.450 e. The second-order valence-electron chi connectivity index (χ2n) is 4.32. The van der Waals surface area contributed by atoms with Crippen LogP contribution in [0.25, 0.3) is 11.0 Å². The second kappa shape index (κ2) is 5.72. The lowest BCUT2D eigenvalue weighted by molar-refractivity contribution is 0.439. The molecule has 0 bridgehead atoms. The normalized spacial score (nSPS) is 10.9. The Balaban J connectivity index is 2.01. The van der Waals surface area contributed by atoms with Crippen LogP contribution in [0.3, 0.4) is 0 Å². The molecule has 0 unspecified atom stereocenters. The van der Waals surface area contributed by atoms with Crippen molar-refractivity contribution in [2.24, 2.45) is 0 Å². The Morgan fingerprint density at radius 3 is 2.68 bits per heavy atom. The summed E-state index contributed by atoms with van der Waals surface area (Å²) in [7, 11) is 0. The highest BCUT2D eigenvalue weighted by Gasteiger charge is 2.12. The fourth-order valence-electron chi connectivity index (χ4n) is 1.80. The number of pyridine rings is 1. The van der Waals surface area contributed by atoms with Crippen LogP contribution in [-0.4, -0.2) is 21.2 Å². The highest BCUT2D eigenvalue weighted by atomic mass is 32.2. The molecule has 2 N–H and O–H groups in total. The summed E-state index contributed by atoms with van der Waals surface area (Å²) in [5, 5.41) is 1.17. The Hall–Kier alpha value is -2.48. The lowest BCUT2D eigenvalue weighted by Gasteiger charge is -2.09. The predicted octanol–water partition coefficient (Wildman–Crippen LogP) is 3.40. The first kappa shape index (κ1) is 14.5. The summed E-state index contributed by atoms with van der Waals surface area (Å²) in [5.41, 5.74) is 6.23. The van der Waals surface area contributed by atoms with Crippen molar-refractivity contribution in [2.45, 2.75) is 5.16 Å². The van der Waals surface area contributed by atoms with E-state index in [4.69, 9.17) is 10.5 Å². The topological polar surface area (TPSA) is 73.9 Å². The Labute approximate surface area is 128 Å². The fraction of sp³-hybridized carbons (Fsp3) is 0.0714. The minimum Gasteiger partial charge on any atom is -0.450 e. The van der Waals surface area contributed by atoms with Gasteiger partial charge in [-0.25, -0.2) is 23.7 Å². The number of ether oxygens (including phenoxy) is 1. The van der Waals surface area contributed by atoms with Crippen molar-refractivity contribution in [3.63, 3.8) is 0 Å². The van der Waals surface area contributed by atoms with Gasteiger partial charge in [0.15, 0.2) is 33.9 Å². The molecule has 22 heavy (non-hydrogen) atoms. The van der Waals surface area contributed by atoms with Crippen molar-refractivity contribution in [2.75, 3.05) is 12.0 Å². The molecule has 0 atom stereocenters. The first-order valence-electron chi connectivity index (χ1n) is 6.17. The molecule has 5 nitrogen and oxygen atoms in total. The van der Waals surface area contributed by atoms with Gasteiger partial charge in [0, 0.05) is 17.6 Å². The van der Waals surface area contributed by atoms with Crippen LogP contribution in [0.1, 0.15) is 0 Å². The Kier molecular flexibility index (Phi) is 3.76. The number of nitrogens with zero attached hydrogens (tertiary/aromatic N) is 3. The van der Waals surface area contributed by atoms with E-state index in [2.05, 4.69) is 15.0 Å². The SMILES string of the molecule is CSc1ncc2cc(Oc3ccc(F)cc3F)c(N)nc2n1. The molecule has 1 aromatic carbocycles. The van der Waals surface area contributed by atoms with Gasteiger partial charge in [0.05, 0.1) is 0 Å². The Bertz CT molecular complexity index is 860. The summed E-state index contributed by atoms with van der Waals surface area (Å²) in [4.78, 5) is 12.5. The molecule has 0 spiro atoms. The van der Waals surface area contributed by atoms with E-state index >= 15 is 0 Å². The number of fused-ring (bicyclic) bond motifs is 1. The van der Waals surface area contributed by atoms with Gasteiger partial charge in [0.1, 0.15) is 5.82 Å². The van der Waals surface area contributed by atoms with Gasteiger partial charge in [0.2, 0.25) is 0 Å². The minimum absolute atomic E-state index is 0.0574. The number of nitrogen functional groups attached to an aromatic ring is 1. The lowest BCUT2D eigenvalue weighted by Crippen LogP contribution is -1.99. The van der Waals surface area contributed by atoms with Gasteiger partial charge < -0.3 is 10.5 Å². The number of hydrogen-bond donors (Lipinski definition) is 1. The van der Waals surface area contributed by atoms with Gasteiger partial charge in [-0.15, -0.1) is 0 Å². The number of anilines is 1. The summed E-state index contributed by atoms with van der Waals surface area (Å²) in [6.07, 6.45) is 3.42. The molecule has 3 rings (SSSR count). The van der Waals surface area contributed by atoms with Crippen molar-refractivity contribution in [1.82, 2.24) is 15.0 Å². The van der Waals surface area contributed by atoms with Crippen LogP contribution in [-0.2, 0) is 0 Å². The fourth-order valence-corrected chi connectivity index (χ4v) is 2.13. The molecule has 0 saturated carbocycles. The number of hydrogen-bond acceptors (Lipinski definition) is 6. The summed E-state index contributed by atoms with van der Waals surface area (Å²) >= 11 is 1.38. The number of aromatic nitrogens is 3. The quantitative estimate of drug-likeness (QED) is 0.589. The molecule has 0 saturated heterocycles. The number of thioether (sulfide) groups is 1. The van der Waals surface area contributed by atoms with Crippen molar-refractivity contribution in [3.05, 3.63) is 42.1 Å². The van der Waals surface area contributed by atoms with Gasteiger partial charge in [-0.2, -0.15) is 0 Å². The molecular weight excluding hydrogens is 310 g/mol. The van der Waals surface area contributed by atoms with Gasteiger partial charge in [0.25, 0.3) is 0 Å². The third kappa shape index (κ3) is 2.77. The molecular formula is C14H10F2N4OS. The standard InChI is InChI=1S/C14H10F2N4OS/c1-22-14-18-6-7-4-11(12(17)19-13(7)20-14)21-10-3-2-8(15)5-9(10)16/h2-6H,1H3,(H2,17,18,19,20). The maximum atomic E-state index is 13.6. The van der Waals surface area contributed by atoms with Crippen LogP contribution in [0.2, 0.25) is 0 Å². The van der Waals surface area contributed by atoms with Crippen LogP contribution in [0.15, 0.2) is 35.6 Å². The number of halogens is 2. The number of nitrogens with two attached hydrogens (primary N) is 1. The maximum absolute atomic E-state index is 13.6. The van der Waals surface area contributed by atoms with Gasteiger partial charge in [-0.3, -0.25) is 0 Å². The van der Waals surface area contributed by atoms with Crippen LogP contribution < -0.4 is 10.5 Å². The zero-order chi connectivity index (χ0) is 15.7. The molecule has 2 heterocycles.